The molecule has 0 N–H and O–H groups in total. The number of nitrogens with zero attached hydrogens (tertiary/aromatic N) is 1. The Kier molecular flexibility index (Phi) is 4.74. The Morgan fingerprint density at radius 1 is 1.33 bits per heavy atom. The van der Waals surface area contributed by atoms with Gasteiger partial charge in [-0.1, -0.05) is 11.6 Å². The molecule has 0 bridgehead atoms. The lowest BCUT2D eigenvalue weighted by Crippen LogP contribution is -2.18. The summed E-state index contributed by atoms with van der Waals surface area (Å²) >= 11 is 5.59. The van der Waals surface area contributed by atoms with Crippen LogP contribution >= 0.6 is 11.6 Å². The second kappa shape index (κ2) is 5.87. The summed E-state index contributed by atoms with van der Waals surface area (Å²) in [6.07, 6.45) is -4.76. The molecule has 0 aliphatic carbocycles. The number of hydrogen-bond acceptors (Lipinski definition) is 4. The van der Waals surface area contributed by atoms with E-state index in [9.17, 15) is 23.3 Å². The van der Waals surface area contributed by atoms with Crippen LogP contribution in [0.1, 0.15) is 0 Å². The topological polar surface area (TPSA) is 61.6 Å². The molecule has 18 heavy (non-hydrogen) atoms. The molecule has 0 amide bonds. The number of rotatable bonds is 5. The Labute approximate surface area is 104 Å². The van der Waals surface area contributed by atoms with E-state index in [0.29, 0.717) is 0 Å². The van der Waals surface area contributed by atoms with Crippen molar-refractivity contribution in [3.05, 3.63) is 33.3 Å². The highest BCUT2D eigenvalue weighted by Crippen LogP contribution is 2.29. The minimum absolute atomic E-state index is 0.173. The van der Waals surface area contributed by atoms with Gasteiger partial charge in [-0.25, -0.2) is 0 Å². The fraction of sp³-hybridized carbons (Fsp3) is 0.333. The first-order valence-electron chi connectivity index (χ1n) is 4.57. The van der Waals surface area contributed by atoms with Crippen LogP contribution in [0.3, 0.4) is 0 Å². The van der Waals surface area contributed by atoms with Gasteiger partial charge in [0.15, 0.2) is 5.75 Å². The summed E-state index contributed by atoms with van der Waals surface area (Å²) < 4.78 is 43.2. The van der Waals surface area contributed by atoms with Gasteiger partial charge < -0.3 is 4.74 Å². The molecule has 0 atom stereocenters. The van der Waals surface area contributed by atoms with Crippen LogP contribution in [0.15, 0.2) is 18.2 Å². The SMILES string of the molecule is O=[N+]([O-])c1ccc(Cl)cc1OCCOC(F)(F)F. The molecule has 5 nitrogen and oxygen atoms in total. The monoisotopic (exact) mass is 285 g/mol. The normalized spacial score (nSPS) is 11.3. The first kappa shape index (κ1) is 14.5. The Hall–Kier alpha value is -1.54. The van der Waals surface area contributed by atoms with E-state index in [0.717, 1.165) is 12.1 Å². The van der Waals surface area contributed by atoms with Gasteiger partial charge in [0.1, 0.15) is 6.61 Å². The quantitative estimate of drug-likeness (QED) is 0.473. The van der Waals surface area contributed by atoms with E-state index in [1.165, 1.54) is 6.07 Å². The van der Waals surface area contributed by atoms with Crippen molar-refractivity contribution in [1.82, 2.24) is 0 Å². The van der Waals surface area contributed by atoms with Crippen LogP contribution in [-0.2, 0) is 4.74 Å². The number of benzene rings is 1. The average Bonchev–Trinajstić information content (AvgIpc) is 2.22. The largest absolute Gasteiger partial charge is 0.522 e. The van der Waals surface area contributed by atoms with Crippen molar-refractivity contribution in [2.75, 3.05) is 13.2 Å². The Balaban J connectivity index is 2.61. The third-order valence-electron chi connectivity index (χ3n) is 1.73. The van der Waals surface area contributed by atoms with Crippen molar-refractivity contribution in [2.24, 2.45) is 0 Å². The van der Waals surface area contributed by atoms with Crippen molar-refractivity contribution < 1.29 is 27.6 Å². The lowest BCUT2D eigenvalue weighted by Gasteiger charge is -2.09. The van der Waals surface area contributed by atoms with E-state index >= 15 is 0 Å². The second-order valence-corrected chi connectivity index (χ2v) is 3.45. The van der Waals surface area contributed by atoms with Crippen LogP contribution in [0.4, 0.5) is 18.9 Å². The minimum atomic E-state index is -4.76. The number of hydrogen-bond donors (Lipinski definition) is 0. The maximum Gasteiger partial charge on any atom is 0.522 e. The first-order chi connectivity index (χ1) is 8.29. The summed E-state index contributed by atoms with van der Waals surface area (Å²) in [6.45, 7) is -1.26. The molecule has 1 rings (SSSR count). The van der Waals surface area contributed by atoms with Crippen LogP contribution in [-0.4, -0.2) is 24.5 Å². The highest BCUT2D eigenvalue weighted by Gasteiger charge is 2.28. The molecule has 9 heteroatoms. The molecule has 1 aromatic carbocycles. The van der Waals surface area contributed by atoms with Gasteiger partial charge in [0.05, 0.1) is 11.5 Å². The Morgan fingerprint density at radius 3 is 2.56 bits per heavy atom. The van der Waals surface area contributed by atoms with Gasteiger partial charge in [0, 0.05) is 17.2 Å². The van der Waals surface area contributed by atoms with Gasteiger partial charge in [0.25, 0.3) is 0 Å². The number of nitro benzene ring substituents is 1. The van der Waals surface area contributed by atoms with E-state index in [1.807, 2.05) is 0 Å². The summed E-state index contributed by atoms with van der Waals surface area (Å²) in [5.41, 5.74) is -0.383. The molecule has 0 aliphatic rings. The molecule has 0 spiro atoms. The van der Waals surface area contributed by atoms with Crippen LogP contribution in [0.5, 0.6) is 5.75 Å². The molecular weight excluding hydrogens is 279 g/mol. The van der Waals surface area contributed by atoms with Crippen molar-refractivity contribution in [1.29, 1.82) is 0 Å². The molecule has 0 heterocycles. The van der Waals surface area contributed by atoms with E-state index in [-0.39, 0.29) is 16.5 Å². The van der Waals surface area contributed by atoms with Crippen LogP contribution in [0, 0.1) is 10.1 Å². The summed E-state index contributed by atoms with van der Waals surface area (Å²) in [7, 11) is 0. The molecule has 0 saturated carbocycles. The zero-order chi connectivity index (χ0) is 13.8. The summed E-state index contributed by atoms with van der Waals surface area (Å²) in [5.74, 6) is -0.210. The van der Waals surface area contributed by atoms with Crippen LogP contribution in [0.25, 0.3) is 0 Å². The maximum atomic E-state index is 11.6. The molecule has 0 aromatic heterocycles. The van der Waals surface area contributed by atoms with E-state index in [2.05, 4.69) is 4.74 Å². The standard InChI is InChI=1S/C9H7ClF3NO4/c10-6-1-2-7(14(15)16)8(5-6)17-3-4-18-9(11,12)13/h1-2,5H,3-4H2. The predicted octanol–water partition coefficient (Wildman–Crippen LogP) is 3.16. The molecular formula is C9H7ClF3NO4. The number of nitro groups is 1. The summed E-state index contributed by atoms with van der Waals surface area (Å²) in [5, 5.41) is 10.8. The van der Waals surface area contributed by atoms with Gasteiger partial charge in [-0.15, -0.1) is 13.2 Å². The number of alkyl halides is 3. The first-order valence-corrected chi connectivity index (χ1v) is 4.95. The predicted molar refractivity (Wildman–Crippen MR) is 55.6 cm³/mol. The van der Waals surface area contributed by atoms with Crippen molar-refractivity contribution in [3.8, 4) is 5.75 Å². The zero-order valence-corrected chi connectivity index (χ0v) is 9.49. The zero-order valence-electron chi connectivity index (χ0n) is 8.74. The smallest absolute Gasteiger partial charge is 0.484 e. The molecule has 0 saturated heterocycles. The molecule has 0 aliphatic heterocycles. The van der Waals surface area contributed by atoms with Gasteiger partial charge in [0.2, 0.25) is 0 Å². The van der Waals surface area contributed by atoms with Gasteiger partial charge in [-0.2, -0.15) is 0 Å². The van der Waals surface area contributed by atoms with Crippen LogP contribution < -0.4 is 4.74 Å². The molecule has 0 radical (unpaired) electrons. The van der Waals surface area contributed by atoms with Crippen molar-refractivity contribution in [2.45, 2.75) is 6.36 Å². The molecule has 0 unspecified atom stereocenters. The van der Waals surface area contributed by atoms with E-state index in [4.69, 9.17) is 16.3 Å². The summed E-state index contributed by atoms with van der Waals surface area (Å²) in [6, 6.07) is 3.52. The van der Waals surface area contributed by atoms with Gasteiger partial charge >= 0.3 is 12.0 Å². The van der Waals surface area contributed by atoms with Crippen LogP contribution in [0.2, 0.25) is 5.02 Å². The second-order valence-electron chi connectivity index (χ2n) is 3.01. The van der Waals surface area contributed by atoms with E-state index in [1.54, 1.807) is 0 Å². The third-order valence-corrected chi connectivity index (χ3v) is 1.96. The van der Waals surface area contributed by atoms with Crippen molar-refractivity contribution >= 4 is 17.3 Å². The maximum absolute atomic E-state index is 11.6. The number of ether oxygens (including phenoxy) is 2. The highest BCUT2D eigenvalue weighted by molar-refractivity contribution is 6.30. The molecule has 100 valence electrons. The summed E-state index contributed by atoms with van der Waals surface area (Å²) in [4.78, 5) is 9.87. The van der Waals surface area contributed by atoms with E-state index < -0.39 is 24.5 Å². The fourth-order valence-corrected chi connectivity index (χ4v) is 1.23. The lowest BCUT2D eigenvalue weighted by molar-refractivity contribution is -0.386. The van der Waals surface area contributed by atoms with Gasteiger partial charge in [-0.05, 0) is 6.07 Å². The third kappa shape index (κ3) is 4.76. The lowest BCUT2D eigenvalue weighted by atomic mass is 10.3. The molecule has 1 aromatic rings. The van der Waals surface area contributed by atoms with Crippen molar-refractivity contribution in [3.63, 3.8) is 0 Å². The Bertz CT molecular complexity index is 438. The minimum Gasteiger partial charge on any atom is -0.484 e. The number of halogens is 4. The fourth-order valence-electron chi connectivity index (χ4n) is 1.06. The molecule has 0 fully saturated rings. The van der Waals surface area contributed by atoms with Gasteiger partial charge in [-0.3, -0.25) is 14.9 Å². The average molecular weight is 286 g/mol. The highest BCUT2D eigenvalue weighted by atomic mass is 35.5. The Morgan fingerprint density at radius 2 is 2.00 bits per heavy atom.